The second kappa shape index (κ2) is 3.35. The van der Waals surface area contributed by atoms with E-state index >= 15 is 0 Å². The Morgan fingerprint density at radius 3 is 2.62 bits per heavy atom. The van der Waals surface area contributed by atoms with E-state index in [0.717, 1.165) is 6.07 Å². The number of carbonyl (C=O) groups is 1. The molecular weight excluding hydrogens is 170 g/mol. The van der Waals surface area contributed by atoms with Crippen molar-refractivity contribution in [1.29, 1.82) is 0 Å². The molecule has 0 unspecified atom stereocenters. The third-order valence-corrected chi connectivity index (χ3v) is 1.94. The summed E-state index contributed by atoms with van der Waals surface area (Å²) in [5, 5.41) is 18.6. The summed E-state index contributed by atoms with van der Waals surface area (Å²) >= 11 is 0. The molecule has 0 spiro atoms. The molecule has 0 amide bonds. The fraction of sp³-hybridized carbons (Fsp3) is 0.222. The van der Waals surface area contributed by atoms with E-state index in [2.05, 4.69) is 0 Å². The second-order valence-electron chi connectivity index (χ2n) is 2.70. The summed E-state index contributed by atoms with van der Waals surface area (Å²) in [6, 6.07) is 1.15. The van der Waals surface area contributed by atoms with E-state index in [1.807, 2.05) is 0 Å². The van der Waals surface area contributed by atoms with Crippen molar-refractivity contribution in [3.05, 3.63) is 17.2 Å². The second-order valence-corrected chi connectivity index (χ2v) is 2.70. The molecule has 0 aliphatic carbocycles. The van der Waals surface area contributed by atoms with Gasteiger partial charge in [0.15, 0.2) is 17.8 Å². The van der Waals surface area contributed by atoms with Crippen molar-refractivity contribution in [3.8, 4) is 11.5 Å². The number of benzene rings is 1. The average Bonchev–Trinajstić information content (AvgIpc) is 2.12. The largest absolute Gasteiger partial charge is 0.504 e. The van der Waals surface area contributed by atoms with Crippen LogP contribution in [0.3, 0.4) is 0 Å². The van der Waals surface area contributed by atoms with Crippen LogP contribution in [-0.2, 0) is 6.42 Å². The summed E-state index contributed by atoms with van der Waals surface area (Å²) in [5.41, 5.74) is 6.41. The van der Waals surface area contributed by atoms with Gasteiger partial charge in [-0.25, -0.2) is 0 Å². The van der Waals surface area contributed by atoms with Crippen LogP contribution in [0, 0.1) is 0 Å². The molecule has 4 N–H and O–H groups in total. The van der Waals surface area contributed by atoms with E-state index in [-0.39, 0.29) is 22.7 Å². The van der Waals surface area contributed by atoms with E-state index in [4.69, 9.17) is 5.73 Å². The van der Waals surface area contributed by atoms with Gasteiger partial charge in [-0.15, -0.1) is 0 Å². The predicted octanol–water partition coefficient (Wildman–Crippen LogP) is 1.05. The first-order valence-corrected chi connectivity index (χ1v) is 3.90. The van der Waals surface area contributed by atoms with Crippen LogP contribution in [0.4, 0.5) is 5.69 Å². The number of aromatic hydroxyl groups is 2. The number of hydrogen-bond acceptors (Lipinski definition) is 4. The highest BCUT2D eigenvalue weighted by Gasteiger charge is 2.12. The van der Waals surface area contributed by atoms with Crippen LogP contribution in [-0.4, -0.2) is 16.5 Å². The third kappa shape index (κ3) is 1.42. The Morgan fingerprint density at radius 2 is 2.15 bits per heavy atom. The molecule has 0 heterocycles. The van der Waals surface area contributed by atoms with E-state index < -0.39 is 0 Å². The standard InChI is InChI=1S/C9H11NO3/c1-2-6-8(10)5(4-11)3-7(12)9(6)13/h3-4,12-13H,2,10H2,1H3. The van der Waals surface area contributed by atoms with Crippen LogP contribution < -0.4 is 5.73 Å². The molecule has 0 atom stereocenters. The molecule has 1 aromatic rings. The molecule has 0 radical (unpaired) electrons. The normalized spacial score (nSPS) is 9.92. The van der Waals surface area contributed by atoms with E-state index in [1.54, 1.807) is 6.92 Å². The van der Waals surface area contributed by atoms with Gasteiger partial charge in [-0.2, -0.15) is 0 Å². The number of phenols is 2. The number of anilines is 1. The third-order valence-electron chi connectivity index (χ3n) is 1.94. The molecule has 0 aromatic heterocycles. The summed E-state index contributed by atoms with van der Waals surface area (Å²) in [6.45, 7) is 1.78. The highest BCUT2D eigenvalue weighted by atomic mass is 16.3. The lowest BCUT2D eigenvalue weighted by Gasteiger charge is -2.09. The molecule has 4 nitrogen and oxygen atoms in total. The van der Waals surface area contributed by atoms with Gasteiger partial charge < -0.3 is 15.9 Å². The molecular formula is C9H11NO3. The molecule has 13 heavy (non-hydrogen) atoms. The molecule has 70 valence electrons. The average molecular weight is 181 g/mol. The smallest absolute Gasteiger partial charge is 0.162 e. The Labute approximate surface area is 75.6 Å². The molecule has 0 fully saturated rings. The molecule has 1 aromatic carbocycles. The summed E-state index contributed by atoms with van der Waals surface area (Å²) in [5.74, 6) is -0.557. The Kier molecular flexibility index (Phi) is 2.41. The molecule has 0 bridgehead atoms. The van der Waals surface area contributed by atoms with Crippen LogP contribution in [0.2, 0.25) is 0 Å². The zero-order valence-electron chi connectivity index (χ0n) is 7.24. The number of rotatable bonds is 2. The number of phenolic OH excluding ortho intramolecular Hbond substituents is 2. The first kappa shape index (κ1) is 9.38. The van der Waals surface area contributed by atoms with E-state index in [9.17, 15) is 15.0 Å². The topological polar surface area (TPSA) is 83.6 Å². The summed E-state index contributed by atoms with van der Waals surface area (Å²) in [6.07, 6.45) is 1.01. The van der Waals surface area contributed by atoms with Crippen molar-refractivity contribution in [1.82, 2.24) is 0 Å². The Hall–Kier alpha value is -1.71. The Bertz CT molecular complexity index is 347. The SMILES string of the molecule is CCc1c(N)c(C=O)cc(O)c1O. The zero-order chi connectivity index (χ0) is 10.0. The minimum atomic E-state index is -0.312. The van der Waals surface area contributed by atoms with Gasteiger partial charge in [-0.1, -0.05) is 6.92 Å². The maximum atomic E-state index is 10.5. The number of carbonyl (C=O) groups excluding carboxylic acids is 1. The fourth-order valence-corrected chi connectivity index (χ4v) is 1.21. The number of hydrogen-bond donors (Lipinski definition) is 3. The Morgan fingerprint density at radius 1 is 1.54 bits per heavy atom. The van der Waals surface area contributed by atoms with Crippen molar-refractivity contribution >= 4 is 12.0 Å². The van der Waals surface area contributed by atoms with Gasteiger partial charge in [0, 0.05) is 16.8 Å². The fourth-order valence-electron chi connectivity index (χ4n) is 1.21. The van der Waals surface area contributed by atoms with E-state index in [0.29, 0.717) is 18.3 Å². The van der Waals surface area contributed by atoms with Crippen LogP contribution in [0.5, 0.6) is 11.5 Å². The van der Waals surface area contributed by atoms with Gasteiger partial charge in [0.25, 0.3) is 0 Å². The lowest BCUT2D eigenvalue weighted by Crippen LogP contribution is -1.99. The van der Waals surface area contributed by atoms with Gasteiger partial charge in [-0.05, 0) is 12.5 Å². The maximum absolute atomic E-state index is 10.5. The van der Waals surface area contributed by atoms with Crippen molar-refractivity contribution in [2.45, 2.75) is 13.3 Å². The molecule has 4 heteroatoms. The molecule has 0 saturated carbocycles. The highest BCUT2D eigenvalue weighted by Crippen LogP contribution is 2.35. The zero-order valence-corrected chi connectivity index (χ0v) is 7.24. The van der Waals surface area contributed by atoms with Crippen molar-refractivity contribution in [3.63, 3.8) is 0 Å². The van der Waals surface area contributed by atoms with Crippen molar-refractivity contribution in [2.75, 3.05) is 5.73 Å². The maximum Gasteiger partial charge on any atom is 0.162 e. The van der Waals surface area contributed by atoms with E-state index in [1.165, 1.54) is 0 Å². The van der Waals surface area contributed by atoms with Crippen LogP contribution >= 0.6 is 0 Å². The lowest BCUT2D eigenvalue weighted by atomic mass is 10.0. The van der Waals surface area contributed by atoms with Crippen LogP contribution in [0.15, 0.2) is 6.07 Å². The summed E-state index contributed by atoms with van der Waals surface area (Å²) < 4.78 is 0. The summed E-state index contributed by atoms with van der Waals surface area (Å²) in [4.78, 5) is 10.5. The minimum absolute atomic E-state index is 0.201. The molecule has 0 saturated heterocycles. The van der Waals surface area contributed by atoms with Gasteiger partial charge in [0.1, 0.15) is 0 Å². The molecule has 1 rings (SSSR count). The Balaban J connectivity index is 3.47. The van der Waals surface area contributed by atoms with Gasteiger partial charge in [0.05, 0.1) is 0 Å². The molecule has 0 aliphatic rings. The van der Waals surface area contributed by atoms with Crippen LogP contribution in [0.25, 0.3) is 0 Å². The van der Waals surface area contributed by atoms with Gasteiger partial charge in [0.2, 0.25) is 0 Å². The predicted molar refractivity (Wildman–Crippen MR) is 48.9 cm³/mol. The quantitative estimate of drug-likeness (QED) is 0.275. The minimum Gasteiger partial charge on any atom is -0.504 e. The number of nitrogen functional groups attached to an aromatic ring is 1. The molecule has 0 aliphatic heterocycles. The highest BCUT2D eigenvalue weighted by molar-refractivity contribution is 5.87. The van der Waals surface area contributed by atoms with Crippen molar-refractivity contribution < 1.29 is 15.0 Å². The number of aldehydes is 1. The van der Waals surface area contributed by atoms with Crippen molar-refractivity contribution in [2.24, 2.45) is 0 Å². The lowest BCUT2D eigenvalue weighted by molar-refractivity contribution is 0.112. The first-order chi connectivity index (χ1) is 6.11. The van der Waals surface area contributed by atoms with Gasteiger partial charge in [-0.3, -0.25) is 4.79 Å². The summed E-state index contributed by atoms with van der Waals surface area (Å²) in [7, 11) is 0. The first-order valence-electron chi connectivity index (χ1n) is 3.90. The monoisotopic (exact) mass is 181 g/mol. The van der Waals surface area contributed by atoms with Crippen LogP contribution in [0.1, 0.15) is 22.8 Å². The number of nitrogens with two attached hydrogens (primary N) is 1. The van der Waals surface area contributed by atoms with Gasteiger partial charge >= 0.3 is 0 Å².